The normalized spacial score (nSPS) is 12.6. The van der Waals surface area contributed by atoms with E-state index in [0.717, 1.165) is 6.42 Å². The second kappa shape index (κ2) is 5.25. The monoisotopic (exact) mass is 232 g/mol. The van der Waals surface area contributed by atoms with Gasteiger partial charge in [-0.05, 0) is 41.3 Å². The predicted octanol–water partition coefficient (Wildman–Crippen LogP) is 2.80. The maximum atomic E-state index is 5.62. The highest BCUT2D eigenvalue weighted by molar-refractivity contribution is 7.07. The van der Waals surface area contributed by atoms with Crippen molar-refractivity contribution in [1.29, 1.82) is 0 Å². The van der Waals surface area contributed by atoms with Gasteiger partial charge >= 0.3 is 0 Å². The first-order chi connectivity index (χ1) is 7.79. The molecule has 0 saturated heterocycles. The van der Waals surface area contributed by atoms with Crippen LogP contribution >= 0.6 is 11.3 Å². The zero-order chi connectivity index (χ0) is 11.4. The maximum absolute atomic E-state index is 5.62. The third kappa shape index (κ3) is 2.70. The van der Waals surface area contributed by atoms with Crippen LogP contribution in [0.5, 0.6) is 0 Å². The minimum atomic E-state index is 0.189. The molecule has 1 heterocycles. The Bertz CT molecular complexity index is 437. The SMILES string of the molecule is Cc1cccc(C(Cc2ccsc2)NN)c1. The van der Waals surface area contributed by atoms with Crippen LogP contribution in [0, 0.1) is 6.92 Å². The zero-order valence-electron chi connectivity index (χ0n) is 9.31. The molecule has 2 aromatic rings. The fourth-order valence-electron chi connectivity index (χ4n) is 1.80. The maximum Gasteiger partial charge on any atom is 0.0500 e. The van der Waals surface area contributed by atoms with Crippen molar-refractivity contribution in [3.63, 3.8) is 0 Å². The van der Waals surface area contributed by atoms with Gasteiger partial charge in [0.05, 0.1) is 6.04 Å². The van der Waals surface area contributed by atoms with Crippen LogP contribution in [-0.4, -0.2) is 0 Å². The Balaban J connectivity index is 2.16. The van der Waals surface area contributed by atoms with Crippen LogP contribution in [0.1, 0.15) is 22.7 Å². The summed E-state index contributed by atoms with van der Waals surface area (Å²) in [5.74, 6) is 5.62. The average Bonchev–Trinajstić information content (AvgIpc) is 2.78. The molecule has 2 rings (SSSR count). The molecule has 84 valence electrons. The summed E-state index contributed by atoms with van der Waals surface area (Å²) in [5.41, 5.74) is 6.73. The molecule has 3 heteroatoms. The van der Waals surface area contributed by atoms with Gasteiger partial charge in [-0.1, -0.05) is 29.8 Å². The number of hydrazine groups is 1. The summed E-state index contributed by atoms with van der Waals surface area (Å²) in [7, 11) is 0. The fraction of sp³-hybridized carbons (Fsp3) is 0.231. The van der Waals surface area contributed by atoms with E-state index in [-0.39, 0.29) is 6.04 Å². The number of aryl methyl sites for hydroxylation is 1. The van der Waals surface area contributed by atoms with Crippen molar-refractivity contribution in [2.24, 2.45) is 5.84 Å². The van der Waals surface area contributed by atoms with Crippen LogP contribution in [0.2, 0.25) is 0 Å². The minimum absolute atomic E-state index is 0.189. The molecule has 1 atom stereocenters. The summed E-state index contributed by atoms with van der Waals surface area (Å²) in [6, 6.07) is 10.8. The van der Waals surface area contributed by atoms with E-state index in [1.165, 1.54) is 16.7 Å². The third-order valence-electron chi connectivity index (χ3n) is 2.67. The molecule has 2 nitrogen and oxygen atoms in total. The number of benzene rings is 1. The summed E-state index contributed by atoms with van der Waals surface area (Å²) >= 11 is 1.72. The van der Waals surface area contributed by atoms with E-state index in [2.05, 4.69) is 53.4 Å². The molecule has 3 N–H and O–H groups in total. The van der Waals surface area contributed by atoms with Crippen LogP contribution in [0.3, 0.4) is 0 Å². The Hall–Kier alpha value is -1.16. The topological polar surface area (TPSA) is 38.0 Å². The van der Waals surface area contributed by atoms with Crippen LogP contribution in [0.15, 0.2) is 41.1 Å². The van der Waals surface area contributed by atoms with Crippen molar-refractivity contribution in [2.75, 3.05) is 0 Å². The van der Waals surface area contributed by atoms with Crippen molar-refractivity contribution in [1.82, 2.24) is 5.43 Å². The van der Waals surface area contributed by atoms with E-state index < -0.39 is 0 Å². The summed E-state index contributed by atoms with van der Waals surface area (Å²) in [6.07, 6.45) is 0.934. The second-order valence-electron chi connectivity index (χ2n) is 3.97. The molecule has 0 radical (unpaired) electrons. The van der Waals surface area contributed by atoms with Crippen molar-refractivity contribution in [2.45, 2.75) is 19.4 Å². The van der Waals surface area contributed by atoms with Gasteiger partial charge in [-0.3, -0.25) is 11.3 Å². The molecule has 1 unspecified atom stereocenters. The molecular formula is C13H16N2S. The lowest BCUT2D eigenvalue weighted by Gasteiger charge is -2.16. The molecule has 0 aliphatic rings. The van der Waals surface area contributed by atoms with Crippen molar-refractivity contribution in [3.8, 4) is 0 Å². The largest absolute Gasteiger partial charge is 0.271 e. The molecule has 1 aromatic carbocycles. The van der Waals surface area contributed by atoms with Crippen LogP contribution < -0.4 is 11.3 Å². The van der Waals surface area contributed by atoms with Gasteiger partial charge in [-0.15, -0.1) is 0 Å². The van der Waals surface area contributed by atoms with Gasteiger partial charge in [0.1, 0.15) is 0 Å². The lowest BCUT2D eigenvalue weighted by atomic mass is 10.00. The van der Waals surface area contributed by atoms with Gasteiger partial charge < -0.3 is 0 Å². The number of hydrogen-bond donors (Lipinski definition) is 2. The Labute approximate surface area is 100 Å². The number of nitrogens with one attached hydrogen (secondary N) is 1. The molecule has 0 spiro atoms. The Kier molecular flexibility index (Phi) is 3.72. The van der Waals surface area contributed by atoms with E-state index >= 15 is 0 Å². The molecule has 16 heavy (non-hydrogen) atoms. The Morgan fingerprint density at radius 2 is 2.25 bits per heavy atom. The third-order valence-corrected chi connectivity index (χ3v) is 3.40. The van der Waals surface area contributed by atoms with Crippen LogP contribution in [-0.2, 0) is 6.42 Å². The number of nitrogens with two attached hydrogens (primary N) is 1. The summed E-state index contributed by atoms with van der Waals surface area (Å²) in [6.45, 7) is 2.10. The van der Waals surface area contributed by atoms with E-state index in [9.17, 15) is 0 Å². The first kappa shape index (κ1) is 11.3. The molecule has 0 bridgehead atoms. The van der Waals surface area contributed by atoms with Gasteiger partial charge in [-0.2, -0.15) is 11.3 Å². The Morgan fingerprint density at radius 3 is 2.88 bits per heavy atom. The fourth-order valence-corrected chi connectivity index (χ4v) is 2.49. The van der Waals surface area contributed by atoms with Gasteiger partial charge in [0.25, 0.3) is 0 Å². The first-order valence-electron chi connectivity index (χ1n) is 5.33. The summed E-state index contributed by atoms with van der Waals surface area (Å²) in [5, 5.41) is 4.26. The van der Waals surface area contributed by atoms with Gasteiger partial charge in [0.15, 0.2) is 0 Å². The molecule has 0 amide bonds. The van der Waals surface area contributed by atoms with Gasteiger partial charge in [0.2, 0.25) is 0 Å². The standard InChI is InChI=1S/C13H16N2S/c1-10-3-2-4-12(7-10)13(15-14)8-11-5-6-16-9-11/h2-7,9,13,15H,8,14H2,1H3. The van der Waals surface area contributed by atoms with Gasteiger partial charge in [0, 0.05) is 0 Å². The molecular weight excluding hydrogens is 216 g/mol. The number of rotatable bonds is 4. The van der Waals surface area contributed by atoms with Crippen molar-refractivity contribution >= 4 is 11.3 Å². The molecule has 0 aliphatic heterocycles. The quantitative estimate of drug-likeness (QED) is 0.628. The first-order valence-corrected chi connectivity index (χ1v) is 6.27. The van der Waals surface area contributed by atoms with E-state index in [0.29, 0.717) is 0 Å². The average molecular weight is 232 g/mol. The summed E-state index contributed by atoms with van der Waals surface area (Å²) < 4.78 is 0. The molecule has 0 saturated carbocycles. The molecule has 1 aromatic heterocycles. The summed E-state index contributed by atoms with van der Waals surface area (Å²) in [4.78, 5) is 0. The Morgan fingerprint density at radius 1 is 1.38 bits per heavy atom. The van der Waals surface area contributed by atoms with E-state index in [1.807, 2.05) is 0 Å². The highest BCUT2D eigenvalue weighted by atomic mass is 32.1. The van der Waals surface area contributed by atoms with E-state index in [4.69, 9.17) is 5.84 Å². The lowest BCUT2D eigenvalue weighted by Crippen LogP contribution is -2.29. The van der Waals surface area contributed by atoms with Gasteiger partial charge in [-0.25, -0.2) is 0 Å². The van der Waals surface area contributed by atoms with Crippen molar-refractivity contribution in [3.05, 3.63) is 57.8 Å². The number of thiophene rings is 1. The zero-order valence-corrected chi connectivity index (χ0v) is 10.1. The predicted molar refractivity (Wildman–Crippen MR) is 69.3 cm³/mol. The van der Waals surface area contributed by atoms with Crippen molar-refractivity contribution < 1.29 is 0 Å². The highest BCUT2D eigenvalue weighted by Crippen LogP contribution is 2.20. The van der Waals surface area contributed by atoms with Crippen LogP contribution in [0.4, 0.5) is 0 Å². The molecule has 0 aliphatic carbocycles. The van der Waals surface area contributed by atoms with E-state index in [1.54, 1.807) is 11.3 Å². The second-order valence-corrected chi connectivity index (χ2v) is 4.75. The minimum Gasteiger partial charge on any atom is -0.271 e. The smallest absolute Gasteiger partial charge is 0.0500 e. The lowest BCUT2D eigenvalue weighted by molar-refractivity contribution is 0.552. The highest BCUT2D eigenvalue weighted by Gasteiger charge is 2.10. The van der Waals surface area contributed by atoms with Crippen LogP contribution in [0.25, 0.3) is 0 Å². The molecule has 0 fully saturated rings. The number of hydrogen-bond acceptors (Lipinski definition) is 3.